The molecule has 127 heavy (non-hydrogen) atoms. The Morgan fingerprint density at radius 3 is 1.11 bits per heavy atom. The molecule has 0 saturated carbocycles. The van der Waals surface area contributed by atoms with Gasteiger partial charge in [-0.1, -0.05) is 214 Å². The van der Waals surface area contributed by atoms with Crippen molar-refractivity contribution in [3.63, 3.8) is 0 Å². The maximum Gasteiger partial charge on any atom is 0.227 e. The van der Waals surface area contributed by atoms with Gasteiger partial charge in [0.1, 0.15) is 28.2 Å². The van der Waals surface area contributed by atoms with E-state index in [-0.39, 0.29) is 0 Å². The van der Waals surface area contributed by atoms with Crippen molar-refractivity contribution in [3.8, 4) is 67.3 Å². The molecule has 12 aromatic heterocycles. The molecule has 0 amide bonds. The van der Waals surface area contributed by atoms with E-state index in [1.807, 2.05) is 171 Å². The highest BCUT2D eigenvalue weighted by Crippen LogP contribution is 2.46. The number of hydrogen-bond donors (Lipinski definition) is 0. The van der Waals surface area contributed by atoms with Crippen LogP contribution in [0, 0.1) is 55.2 Å². The quantitative estimate of drug-likeness (QED) is 0.145. The van der Waals surface area contributed by atoms with E-state index in [1.165, 1.54) is 49.5 Å². The van der Waals surface area contributed by atoms with Gasteiger partial charge >= 0.3 is 0 Å². The summed E-state index contributed by atoms with van der Waals surface area (Å²) in [5.74, 6) is 0.495. The van der Waals surface area contributed by atoms with Gasteiger partial charge in [0.15, 0.2) is 47.1 Å². The third kappa shape index (κ3) is 13.8. The molecule has 0 aliphatic carbocycles. The van der Waals surface area contributed by atoms with Crippen LogP contribution in [0.25, 0.3) is 221 Å². The van der Waals surface area contributed by atoms with Crippen molar-refractivity contribution in [3.05, 3.63) is 360 Å². The monoisotopic (exact) mass is 1660 g/mol. The van der Waals surface area contributed by atoms with Gasteiger partial charge in [0.25, 0.3) is 0 Å². The van der Waals surface area contributed by atoms with E-state index >= 15 is 0 Å². The molecule has 24 aromatic rings. The summed E-state index contributed by atoms with van der Waals surface area (Å²) < 4.78 is 82.9. The summed E-state index contributed by atoms with van der Waals surface area (Å²) in [5.41, 5.74) is 29.8. The van der Waals surface area contributed by atoms with Crippen LogP contribution in [0.1, 0.15) is 78.1 Å². The van der Waals surface area contributed by atoms with Gasteiger partial charge in [-0.2, -0.15) is 0 Å². The molecule has 0 bridgehead atoms. The first-order valence-electron chi connectivity index (χ1n) is 46.0. The van der Waals surface area contributed by atoms with Crippen LogP contribution < -0.4 is 18.3 Å². The highest BCUT2D eigenvalue weighted by Gasteiger charge is 2.30. The summed E-state index contributed by atoms with van der Waals surface area (Å²) in [5, 5.41) is 17.5. The number of nitrogens with zero attached hydrogens (tertiary/aromatic N) is 8. The minimum Gasteiger partial charge on any atom is -0.437 e. The second-order valence-electron chi connectivity index (χ2n) is 34.1. The summed E-state index contributed by atoms with van der Waals surface area (Å²) in [6, 6.07) is 97.3. The number of hydrogen-bond acceptors (Lipinski definition) is 8. The van der Waals surface area contributed by atoms with Gasteiger partial charge in [0.05, 0.1) is 55.1 Å². The van der Waals surface area contributed by atoms with Crippen molar-refractivity contribution in [1.82, 2.24) is 19.9 Å². The smallest absolute Gasteiger partial charge is 0.227 e. The second kappa shape index (κ2) is 31.4. The summed E-state index contributed by atoms with van der Waals surface area (Å²) in [6.07, 6.45) is 7.72. The number of pyridine rings is 8. The van der Waals surface area contributed by atoms with E-state index in [9.17, 15) is 0 Å². The summed E-state index contributed by atoms with van der Waals surface area (Å²) in [6.45, 7) is 12.6. The molecule has 0 saturated heterocycles. The first-order chi connectivity index (χ1) is 64.1. The highest BCUT2D eigenvalue weighted by atomic mass is 16.4. The van der Waals surface area contributed by atoms with Crippen LogP contribution in [0.3, 0.4) is 0 Å². The number of rotatable bonds is 7. The van der Waals surface area contributed by atoms with Crippen LogP contribution in [0.2, 0.25) is 0 Å². The fraction of sp³-hybridized carbons (Fsp3) is 0.130. The zero-order valence-corrected chi connectivity index (χ0v) is 72.7. The molecular weight excluding hydrogens is 1560 g/mol. The van der Waals surface area contributed by atoms with Crippen LogP contribution >= 0.6 is 0 Å². The fourth-order valence-corrected chi connectivity index (χ4v) is 18.6. The highest BCUT2D eigenvalue weighted by molar-refractivity contribution is 6.17. The Kier molecular flexibility index (Phi) is 17.8. The molecule has 0 unspecified atom stereocenters. The molecule has 12 aromatic carbocycles. The maximum atomic E-state index is 8.19. The van der Waals surface area contributed by atoms with Gasteiger partial charge in [-0.25, -0.2) is 38.2 Å². The van der Waals surface area contributed by atoms with E-state index < -0.39 is 13.7 Å². The SMILES string of the molecule is Cc1cc2c(oc3nc4ccccc4cc32)c(-c2c3ccc(C(C)C)cc3cc[n+]2C)c1C.Cc1ccc2c(oc3nc4ccccc4cc32)c1-c1c2ccccc2cc[n+]1C.[2H]C([2H])([2H])c1c[n+](C)c(-c2c(C)ccc3c2oc2nc4ccccc4cc23)cc1-c1ccc(C)cc1.[2H]C([2H])([2H])c1c[n+](C)c(-c2c(C)ccc3c2oc2nc4ccccc4cc23)cc1-c1ccccc1. The summed E-state index contributed by atoms with van der Waals surface area (Å²) >= 11 is 0. The molecule has 0 spiro atoms. The van der Waals surface area contributed by atoms with Crippen molar-refractivity contribution in [1.29, 1.82) is 0 Å². The molecule has 0 atom stereocenters. The van der Waals surface area contributed by atoms with E-state index in [2.05, 4.69) is 229 Å². The lowest BCUT2D eigenvalue weighted by atomic mass is 9.92. The number of aryl methyl sites for hydroxylation is 11. The van der Waals surface area contributed by atoms with Crippen LogP contribution in [0.5, 0.6) is 0 Å². The molecule has 12 heterocycles. The third-order valence-electron chi connectivity index (χ3n) is 25.5. The molecule has 0 N–H and O–H groups in total. The molecule has 12 heteroatoms. The van der Waals surface area contributed by atoms with Crippen LogP contribution in [-0.4, -0.2) is 19.9 Å². The first kappa shape index (κ1) is 72.1. The zero-order valence-electron chi connectivity index (χ0n) is 78.7. The predicted molar refractivity (Wildman–Crippen MR) is 520 cm³/mol. The molecule has 614 valence electrons. The Morgan fingerprint density at radius 2 is 0.654 bits per heavy atom. The number of para-hydroxylation sites is 4. The topological polar surface area (TPSA) is 120 Å². The molecule has 0 fully saturated rings. The lowest BCUT2D eigenvalue weighted by Gasteiger charge is -2.12. The average molecular weight is 1660 g/mol. The Balaban J connectivity index is 0.000000107. The average Bonchev–Trinajstić information content (AvgIpc) is 1.62. The van der Waals surface area contributed by atoms with E-state index in [0.29, 0.717) is 51.0 Å². The van der Waals surface area contributed by atoms with Gasteiger partial charge in [0, 0.05) is 108 Å². The van der Waals surface area contributed by atoms with Crippen LogP contribution in [0.15, 0.2) is 328 Å². The lowest BCUT2D eigenvalue weighted by Crippen LogP contribution is -2.31. The minimum absolute atomic E-state index is 0.317. The predicted octanol–water partition coefficient (Wildman–Crippen LogP) is 27.7. The Labute approximate surface area is 743 Å². The van der Waals surface area contributed by atoms with Crippen molar-refractivity contribution in [2.45, 2.75) is 75.0 Å². The number of aromatic nitrogens is 8. The molecular formula is C115H94N8O4+4. The number of fused-ring (bicyclic) bond motifs is 18. The second-order valence-corrected chi connectivity index (χ2v) is 34.1. The Morgan fingerprint density at radius 1 is 0.283 bits per heavy atom. The third-order valence-corrected chi connectivity index (χ3v) is 25.5. The van der Waals surface area contributed by atoms with Crippen molar-refractivity contribution < 1.29 is 44.2 Å². The normalized spacial score (nSPS) is 12.7. The number of benzene rings is 12. The van der Waals surface area contributed by atoms with Crippen molar-refractivity contribution in [2.24, 2.45) is 28.2 Å². The Bertz CT molecular complexity index is 8920. The standard InChI is InChI=1S/C30H27N2O.C30H25N2O.C29H23N2O.C26H19N2O/c1-17(2)20-10-11-23-21(15-20)12-13-32(5)28(23)27-19(4)18(3)14-24-25-16-22-8-6-7-9-26(22)31-30(25)33-29(24)27;1-18-9-12-21(13-10-18)24-16-27(32(4)17-20(24)3)28-19(2)11-14-23-25-15-22-7-5-6-8-26(22)31-30(25)33-29(23)28;1-18-13-14-22-24-15-21-11-7-8-12-25(21)30-29(24)32-28(22)27(18)26-16-23(19(2)17-31(26)3)20-9-5-4-6-10-20;1-16-11-12-20-21-15-18-8-4-6-10-22(18)27-26(21)29-25(20)23(16)24-19-9-5-3-7-17(19)13-14-28(24)2/h6-17H,1-5H3;5-17H,1-4H3;4-17H,1-3H3;3-15H,1-2H3/q4*+1/i;3D3;2D3;. The van der Waals surface area contributed by atoms with Gasteiger partial charge in [-0.15, -0.1) is 0 Å². The zero-order chi connectivity index (χ0) is 91.9. The largest absolute Gasteiger partial charge is 0.437 e. The van der Waals surface area contributed by atoms with Crippen LogP contribution in [0.4, 0.5) is 0 Å². The van der Waals surface area contributed by atoms with Gasteiger partial charge in [-0.3, -0.25) is 0 Å². The van der Waals surface area contributed by atoms with Gasteiger partial charge in [0.2, 0.25) is 45.6 Å². The number of furan rings is 4. The molecule has 0 radical (unpaired) electrons. The fourth-order valence-electron chi connectivity index (χ4n) is 18.6. The van der Waals surface area contributed by atoms with E-state index in [4.69, 9.17) is 45.8 Å². The molecule has 0 aliphatic heterocycles. The summed E-state index contributed by atoms with van der Waals surface area (Å²) in [4.78, 5) is 19.2. The lowest BCUT2D eigenvalue weighted by molar-refractivity contribution is -0.660. The van der Waals surface area contributed by atoms with E-state index in [1.54, 1.807) is 12.4 Å². The van der Waals surface area contributed by atoms with Crippen LogP contribution in [-0.2, 0) is 28.2 Å². The minimum atomic E-state index is -2.25. The van der Waals surface area contributed by atoms with E-state index in [0.717, 1.165) is 176 Å². The molecule has 24 rings (SSSR count). The molecule has 0 aliphatic rings. The molecule has 12 nitrogen and oxygen atoms in total. The van der Waals surface area contributed by atoms with Gasteiger partial charge in [-0.05, 0) is 194 Å². The van der Waals surface area contributed by atoms with Gasteiger partial charge < -0.3 is 17.7 Å². The van der Waals surface area contributed by atoms with Crippen molar-refractivity contribution >= 4 is 153 Å². The van der Waals surface area contributed by atoms with Crippen molar-refractivity contribution in [2.75, 3.05) is 0 Å². The Hall–Kier alpha value is -15.4. The first-order valence-corrected chi connectivity index (χ1v) is 43.0. The summed E-state index contributed by atoms with van der Waals surface area (Å²) in [7, 11) is 7.98. The maximum absolute atomic E-state index is 8.19.